The predicted octanol–water partition coefficient (Wildman–Crippen LogP) is 6.30. The van der Waals surface area contributed by atoms with Crippen molar-refractivity contribution in [3.05, 3.63) is 69.7 Å². The van der Waals surface area contributed by atoms with Gasteiger partial charge in [0.15, 0.2) is 0 Å². The second-order valence-corrected chi connectivity index (χ2v) is 11.5. The van der Waals surface area contributed by atoms with Crippen molar-refractivity contribution in [2.24, 2.45) is 11.3 Å². The minimum absolute atomic E-state index is 0.00949. The van der Waals surface area contributed by atoms with Gasteiger partial charge in [0.1, 0.15) is 12.2 Å². The number of esters is 2. The van der Waals surface area contributed by atoms with Crippen LogP contribution in [0.4, 0.5) is 0 Å². The Hall–Kier alpha value is -2.57. The van der Waals surface area contributed by atoms with Crippen LogP contribution in [-0.4, -0.2) is 30.0 Å². The summed E-state index contributed by atoms with van der Waals surface area (Å²) in [6, 6.07) is 14.6. The Kier molecular flexibility index (Phi) is 10.0. The molecule has 0 aliphatic heterocycles. The fraction of sp³-hybridized carbons (Fsp3) is 0.483. The molecule has 8 heteroatoms. The minimum atomic E-state index is -0.837. The van der Waals surface area contributed by atoms with Crippen LogP contribution in [0.5, 0.6) is 0 Å². The molecule has 1 unspecified atom stereocenters. The summed E-state index contributed by atoms with van der Waals surface area (Å²) in [6.45, 7) is 5.65. The van der Waals surface area contributed by atoms with Crippen LogP contribution in [0.3, 0.4) is 0 Å². The number of halogens is 2. The summed E-state index contributed by atoms with van der Waals surface area (Å²) in [5, 5.41) is 3.77. The molecular weight excluding hydrogens is 513 g/mol. The highest BCUT2D eigenvalue weighted by Crippen LogP contribution is 2.42. The van der Waals surface area contributed by atoms with Crippen molar-refractivity contribution in [1.82, 2.24) is 5.32 Å². The van der Waals surface area contributed by atoms with Gasteiger partial charge in [0, 0.05) is 6.54 Å². The zero-order chi connectivity index (χ0) is 27.1. The lowest BCUT2D eigenvalue weighted by atomic mass is 9.81. The summed E-state index contributed by atoms with van der Waals surface area (Å²) in [4.78, 5) is 39.1. The fourth-order valence-corrected chi connectivity index (χ4v) is 4.90. The van der Waals surface area contributed by atoms with E-state index in [-0.39, 0.29) is 25.5 Å². The van der Waals surface area contributed by atoms with Crippen LogP contribution < -0.4 is 5.32 Å². The average Bonchev–Trinajstić information content (AvgIpc) is 3.31. The fourth-order valence-electron chi connectivity index (χ4n) is 4.58. The second kappa shape index (κ2) is 12.8. The van der Waals surface area contributed by atoms with E-state index in [1.54, 1.807) is 39.0 Å². The maximum Gasteiger partial charge on any atom is 0.311 e. The van der Waals surface area contributed by atoms with Crippen molar-refractivity contribution in [2.75, 3.05) is 6.54 Å². The molecule has 0 bridgehead atoms. The molecule has 3 rings (SSSR count). The number of carbonyl (C=O) groups excluding carboxylic acids is 3. The highest BCUT2D eigenvalue weighted by atomic mass is 35.5. The highest BCUT2D eigenvalue weighted by molar-refractivity contribution is 6.42. The molecule has 1 aliphatic rings. The SMILES string of the molecule is CC(C)(C)OC(=O)C(CNC(=O)C1(CC(=O)OCc2ccccc2)CCCC1)Cc1ccc(Cl)c(Cl)c1. The van der Waals surface area contributed by atoms with E-state index in [9.17, 15) is 14.4 Å². The van der Waals surface area contributed by atoms with Gasteiger partial charge < -0.3 is 14.8 Å². The first-order valence-electron chi connectivity index (χ1n) is 12.6. The summed E-state index contributed by atoms with van der Waals surface area (Å²) in [5.41, 5.74) is 0.185. The van der Waals surface area contributed by atoms with Crippen LogP contribution in [0.15, 0.2) is 48.5 Å². The number of carbonyl (C=O) groups is 3. The van der Waals surface area contributed by atoms with Gasteiger partial charge in [0.2, 0.25) is 5.91 Å². The molecule has 1 saturated carbocycles. The van der Waals surface area contributed by atoms with E-state index in [1.165, 1.54) is 0 Å². The van der Waals surface area contributed by atoms with Gasteiger partial charge in [-0.05, 0) is 63.3 Å². The smallest absolute Gasteiger partial charge is 0.311 e. The Balaban J connectivity index is 1.67. The Morgan fingerprint density at radius 1 is 0.973 bits per heavy atom. The van der Waals surface area contributed by atoms with Crippen LogP contribution >= 0.6 is 23.2 Å². The van der Waals surface area contributed by atoms with E-state index in [0.29, 0.717) is 29.3 Å². The molecule has 0 saturated heterocycles. The van der Waals surface area contributed by atoms with Gasteiger partial charge in [-0.2, -0.15) is 0 Å². The number of amides is 1. The number of benzene rings is 2. The van der Waals surface area contributed by atoms with Gasteiger partial charge in [-0.25, -0.2) is 0 Å². The third kappa shape index (κ3) is 8.75. The predicted molar refractivity (Wildman–Crippen MR) is 144 cm³/mol. The lowest BCUT2D eigenvalue weighted by Crippen LogP contribution is -2.45. The molecule has 1 N–H and O–H groups in total. The first kappa shape index (κ1) is 29.0. The lowest BCUT2D eigenvalue weighted by Gasteiger charge is -2.29. The van der Waals surface area contributed by atoms with E-state index in [0.717, 1.165) is 24.0 Å². The zero-order valence-corrected chi connectivity index (χ0v) is 23.2. The second-order valence-electron chi connectivity index (χ2n) is 10.7. The molecule has 1 fully saturated rings. The largest absolute Gasteiger partial charge is 0.461 e. The topological polar surface area (TPSA) is 81.7 Å². The molecule has 0 radical (unpaired) electrons. The molecule has 6 nitrogen and oxygen atoms in total. The number of nitrogens with one attached hydrogen (secondary N) is 1. The maximum absolute atomic E-state index is 13.4. The number of hydrogen-bond acceptors (Lipinski definition) is 5. The Morgan fingerprint density at radius 2 is 1.65 bits per heavy atom. The van der Waals surface area contributed by atoms with Gasteiger partial charge in [-0.3, -0.25) is 14.4 Å². The first-order chi connectivity index (χ1) is 17.5. The number of hydrogen-bond donors (Lipinski definition) is 1. The lowest BCUT2D eigenvalue weighted by molar-refractivity contribution is -0.160. The van der Waals surface area contributed by atoms with Crippen LogP contribution in [0, 0.1) is 11.3 Å². The number of rotatable bonds is 10. The molecule has 37 heavy (non-hydrogen) atoms. The van der Waals surface area contributed by atoms with Crippen molar-refractivity contribution in [3.8, 4) is 0 Å². The monoisotopic (exact) mass is 547 g/mol. The van der Waals surface area contributed by atoms with Crippen molar-refractivity contribution < 1.29 is 23.9 Å². The maximum atomic E-state index is 13.4. The molecular formula is C29H35Cl2NO5. The van der Waals surface area contributed by atoms with Crippen LogP contribution in [0.25, 0.3) is 0 Å². The van der Waals surface area contributed by atoms with Crippen molar-refractivity contribution >= 4 is 41.0 Å². The molecule has 0 aromatic heterocycles. The standard InChI is InChI=1S/C29H35Cl2NO5/c1-28(2,3)37-26(34)22(15-21-11-12-23(30)24(31)16-21)18-32-27(35)29(13-7-8-14-29)17-25(33)36-19-20-9-5-4-6-10-20/h4-6,9-12,16,22H,7-8,13-15,17-19H2,1-3H3,(H,32,35). The molecule has 200 valence electrons. The third-order valence-electron chi connectivity index (χ3n) is 6.48. The normalized spacial score (nSPS) is 15.6. The quantitative estimate of drug-likeness (QED) is 0.352. The molecule has 0 heterocycles. The molecule has 1 aliphatic carbocycles. The third-order valence-corrected chi connectivity index (χ3v) is 7.22. The average molecular weight is 549 g/mol. The summed E-state index contributed by atoms with van der Waals surface area (Å²) >= 11 is 12.2. The van der Waals surface area contributed by atoms with E-state index >= 15 is 0 Å². The molecule has 2 aromatic carbocycles. The Bertz CT molecular complexity index is 1090. The zero-order valence-electron chi connectivity index (χ0n) is 21.7. The molecule has 1 atom stereocenters. The van der Waals surface area contributed by atoms with Gasteiger partial charge in [0.25, 0.3) is 0 Å². The van der Waals surface area contributed by atoms with E-state index in [2.05, 4.69) is 5.32 Å². The summed E-state index contributed by atoms with van der Waals surface area (Å²) in [6.07, 6.45) is 3.25. The summed E-state index contributed by atoms with van der Waals surface area (Å²) in [7, 11) is 0. The first-order valence-corrected chi connectivity index (χ1v) is 13.4. The van der Waals surface area contributed by atoms with Crippen LogP contribution in [-0.2, 0) is 36.9 Å². The summed E-state index contributed by atoms with van der Waals surface area (Å²) < 4.78 is 11.1. The van der Waals surface area contributed by atoms with Crippen LogP contribution in [0.2, 0.25) is 10.0 Å². The molecule has 2 aromatic rings. The van der Waals surface area contributed by atoms with Crippen molar-refractivity contribution in [3.63, 3.8) is 0 Å². The minimum Gasteiger partial charge on any atom is -0.461 e. The van der Waals surface area contributed by atoms with Gasteiger partial charge >= 0.3 is 11.9 Å². The highest BCUT2D eigenvalue weighted by Gasteiger charge is 2.43. The summed E-state index contributed by atoms with van der Waals surface area (Å²) in [5.74, 6) is -1.68. The van der Waals surface area contributed by atoms with Gasteiger partial charge in [0.05, 0.1) is 27.8 Å². The van der Waals surface area contributed by atoms with Crippen LogP contribution in [0.1, 0.15) is 64.0 Å². The van der Waals surface area contributed by atoms with E-state index in [4.69, 9.17) is 32.7 Å². The van der Waals surface area contributed by atoms with Gasteiger partial charge in [-0.15, -0.1) is 0 Å². The Morgan fingerprint density at radius 3 is 2.27 bits per heavy atom. The van der Waals surface area contributed by atoms with E-state index in [1.807, 2.05) is 30.3 Å². The van der Waals surface area contributed by atoms with Gasteiger partial charge in [-0.1, -0.05) is 72.4 Å². The molecule has 1 amide bonds. The van der Waals surface area contributed by atoms with Crippen molar-refractivity contribution in [2.45, 2.75) is 71.5 Å². The Labute approximate surface area is 229 Å². The molecule has 0 spiro atoms. The number of ether oxygens (including phenoxy) is 2. The van der Waals surface area contributed by atoms with E-state index < -0.39 is 28.9 Å². The van der Waals surface area contributed by atoms with Crippen molar-refractivity contribution in [1.29, 1.82) is 0 Å².